The summed E-state index contributed by atoms with van der Waals surface area (Å²) < 4.78 is 31.5. The van der Waals surface area contributed by atoms with Gasteiger partial charge in [-0.3, -0.25) is 14.2 Å². The molecule has 1 amide bonds. The number of hydrogen-bond donors (Lipinski definition) is 2. The van der Waals surface area contributed by atoms with Crippen LogP contribution in [0.4, 0.5) is 20.2 Å². The van der Waals surface area contributed by atoms with Gasteiger partial charge in [-0.1, -0.05) is 55.2 Å². The maximum absolute atomic E-state index is 15.6. The Morgan fingerprint density at radius 2 is 1.83 bits per heavy atom. The van der Waals surface area contributed by atoms with E-state index in [4.69, 9.17) is 45.5 Å². The summed E-state index contributed by atoms with van der Waals surface area (Å²) in [7, 11) is 0. The lowest BCUT2D eigenvalue weighted by molar-refractivity contribution is -0.130. The Hall–Kier alpha value is -4.11. The largest absolute Gasteiger partial charge is 0.397 e. The second-order valence-electron chi connectivity index (χ2n) is 12.1. The van der Waals surface area contributed by atoms with Gasteiger partial charge < -0.3 is 20.9 Å². The van der Waals surface area contributed by atoms with Gasteiger partial charge in [-0.15, -0.1) is 0 Å². The molecule has 2 aliphatic rings. The number of nitrogen functional groups attached to an aromatic ring is 1. The highest BCUT2D eigenvalue weighted by molar-refractivity contribution is 6.38. The Morgan fingerprint density at radius 1 is 1.19 bits per heavy atom. The van der Waals surface area contributed by atoms with Gasteiger partial charge in [0.2, 0.25) is 5.91 Å². The van der Waals surface area contributed by atoms with Gasteiger partial charge >= 0.3 is 0 Å². The van der Waals surface area contributed by atoms with Crippen LogP contribution in [0.1, 0.15) is 40.2 Å². The average molecular weight is 703 g/mol. The molecule has 0 bridgehead atoms. The van der Waals surface area contributed by atoms with E-state index in [1.54, 1.807) is 17.2 Å². The van der Waals surface area contributed by atoms with Crippen LogP contribution in [0.5, 0.6) is 0 Å². The number of nitrogens with one attached hydrogen (secondary N) is 1. The number of amides is 1. The summed E-state index contributed by atoms with van der Waals surface area (Å²) >= 11 is 18.9. The molecular formula is C33H32Cl3F2N7O2. The summed E-state index contributed by atoms with van der Waals surface area (Å²) in [6.45, 7) is 13.6. The highest BCUT2D eigenvalue weighted by atomic mass is 35.5. The SMILES string of the molecule is C=CC(=O)N1[C@H](C)CN(c2c(C#N)c(=O)n(C3=C(C)C=CN[C@@H]3C(C)C)c3nc(-c4c(N)c(Cl)c(F)c(Cl)c4F)c(Cl)cc23)C[C@@H]1C. The molecule has 9 nitrogen and oxygen atoms in total. The maximum Gasteiger partial charge on any atom is 0.276 e. The van der Waals surface area contributed by atoms with Gasteiger partial charge in [0.25, 0.3) is 5.56 Å². The van der Waals surface area contributed by atoms with Crippen LogP contribution in [-0.2, 0) is 4.79 Å². The molecule has 4 heterocycles. The molecule has 1 saturated heterocycles. The number of nitrogens with two attached hydrogens (primary N) is 1. The van der Waals surface area contributed by atoms with Crippen molar-refractivity contribution in [1.29, 1.82) is 5.26 Å². The number of halogens is 5. The number of anilines is 2. The van der Waals surface area contributed by atoms with Crippen molar-refractivity contribution in [2.45, 2.75) is 52.7 Å². The van der Waals surface area contributed by atoms with Crippen LogP contribution in [0.2, 0.25) is 15.1 Å². The summed E-state index contributed by atoms with van der Waals surface area (Å²) in [5, 5.41) is 12.5. The lowest BCUT2D eigenvalue weighted by Crippen LogP contribution is -2.58. The number of carbonyl (C=O) groups excluding carboxylic acids is 1. The highest BCUT2D eigenvalue weighted by Crippen LogP contribution is 2.44. The Kier molecular flexibility index (Phi) is 9.34. The number of dihydropyridines is 1. The monoisotopic (exact) mass is 701 g/mol. The predicted octanol–water partition coefficient (Wildman–Crippen LogP) is 6.74. The van der Waals surface area contributed by atoms with Gasteiger partial charge in [0.05, 0.1) is 39.4 Å². The van der Waals surface area contributed by atoms with Crippen molar-refractivity contribution in [2.24, 2.45) is 5.92 Å². The van der Waals surface area contributed by atoms with Crippen LogP contribution in [0.15, 0.2) is 41.4 Å². The van der Waals surface area contributed by atoms with E-state index in [1.807, 2.05) is 39.5 Å². The van der Waals surface area contributed by atoms with Crippen LogP contribution in [-0.4, -0.2) is 51.6 Å². The van der Waals surface area contributed by atoms with E-state index < -0.39 is 38.5 Å². The molecule has 3 N–H and O–H groups in total. The first-order chi connectivity index (χ1) is 22.2. The summed E-state index contributed by atoms with van der Waals surface area (Å²) in [5.41, 5.74) is 5.67. The normalized spacial score (nSPS) is 19.7. The van der Waals surface area contributed by atoms with E-state index in [0.717, 1.165) is 5.57 Å². The molecule has 2 aromatic heterocycles. The lowest BCUT2D eigenvalue weighted by Gasteiger charge is -2.45. The topological polar surface area (TPSA) is 120 Å². The fraction of sp³-hybridized carbons (Fsp3) is 0.333. The van der Waals surface area contributed by atoms with E-state index in [1.165, 1.54) is 16.7 Å². The van der Waals surface area contributed by atoms with Gasteiger partial charge in [0.1, 0.15) is 27.3 Å². The standard InChI is InChI=1S/C33H32Cl3F2N7O2/c1-7-21(46)44-16(5)12-43(13-17(44)6)31-18-10-20(34)29(22-25(37)23(35)26(38)24(36)27(22)40)42-32(18)45(33(47)19(31)11-39)30-15(4)8-9-41-28(30)14(2)3/h7-10,14,16-17,28,41H,1,12-13,40H2,2-6H3/t16-,17+,28-/m1/s1. The minimum atomic E-state index is -1.24. The summed E-state index contributed by atoms with van der Waals surface area (Å²) in [6.07, 6.45) is 4.81. The number of hydrogen-bond acceptors (Lipinski definition) is 7. The fourth-order valence-corrected chi connectivity index (χ4v) is 7.20. The van der Waals surface area contributed by atoms with Crippen LogP contribution in [0.25, 0.3) is 28.0 Å². The molecular weight excluding hydrogens is 671 g/mol. The van der Waals surface area contributed by atoms with Crippen molar-refractivity contribution >= 4 is 68.8 Å². The van der Waals surface area contributed by atoms with Gasteiger partial charge in [-0.05, 0) is 56.7 Å². The van der Waals surface area contributed by atoms with Crippen molar-refractivity contribution in [3.63, 3.8) is 0 Å². The van der Waals surface area contributed by atoms with Crippen LogP contribution in [0, 0.1) is 28.9 Å². The van der Waals surface area contributed by atoms with Crippen LogP contribution >= 0.6 is 34.8 Å². The van der Waals surface area contributed by atoms with Gasteiger partial charge in [-0.25, -0.2) is 13.8 Å². The number of fused-ring (bicyclic) bond motifs is 1. The van der Waals surface area contributed by atoms with Gasteiger partial charge in [0, 0.05) is 30.6 Å². The van der Waals surface area contributed by atoms with Crippen molar-refractivity contribution in [3.05, 3.63) is 79.2 Å². The van der Waals surface area contributed by atoms with Crippen LogP contribution in [0.3, 0.4) is 0 Å². The number of piperazine rings is 1. The van der Waals surface area contributed by atoms with Crippen molar-refractivity contribution < 1.29 is 13.6 Å². The first kappa shape index (κ1) is 34.2. The van der Waals surface area contributed by atoms with Crippen molar-refractivity contribution in [2.75, 3.05) is 23.7 Å². The third-order valence-electron chi connectivity index (χ3n) is 8.61. The van der Waals surface area contributed by atoms with Gasteiger partial charge in [-0.2, -0.15) is 5.26 Å². The zero-order chi connectivity index (χ0) is 34.6. The number of nitrogens with zero attached hydrogens (tertiary/aromatic N) is 5. The van der Waals surface area contributed by atoms with Crippen LogP contribution < -0.4 is 21.5 Å². The maximum atomic E-state index is 15.6. The Balaban J connectivity index is 1.92. The van der Waals surface area contributed by atoms with E-state index in [-0.39, 0.29) is 70.7 Å². The zero-order valence-electron chi connectivity index (χ0n) is 26.3. The molecule has 1 fully saturated rings. The number of pyridine rings is 2. The Bertz CT molecular complexity index is 1980. The molecule has 14 heteroatoms. The Morgan fingerprint density at radius 3 is 2.40 bits per heavy atom. The number of carbonyl (C=O) groups is 1. The fourth-order valence-electron chi connectivity index (χ4n) is 6.53. The van der Waals surface area contributed by atoms with E-state index >= 15 is 4.39 Å². The summed E-state index contributed by atoms with van der Waals surface area (Å²) in [4.78, 5) is 35.5. The molecule has 3 atom stereocenters. The molecule has 47 heavy (non-hydrogen) atoms. The van der Waals surface area contributed by atoms with Gasteiger partial charge in [0.15, 0.2) is 11.6 Å². The number of nitriles is 1. The first-order valence-corrected chi connectivity index (χ1v) is 15.9. The first-order valence-electron chi connectivity index (χ1n) is 14.8. The second kappa shape index (κ2) is 12.8. The summed E-state index contributed by atoms with van der Waals surface area (Å²) in [6, 6.07) is 2.55. The molecule has 0 unspecified atom stereocenters. The molecule has 2 aliphatic heterocycles. The Labute approximate surface area is 285 Å². The van der Waals surface area contributed by atoms with E-state index in [2.05, 4.69) is 18.0 Å². The predicted molar refractivity (Wildman–Crippen MR) is 183 cm³/mol. The molecule has 3 aromatic rings. The van der Waals surface area contributed by atoms with E-state index in [0.29, 0.717) is 11.1 Å². The smallest absolute Gasteiger partial charge is 0.276 e. The minimum Gasteiger partial charge on any atom is -0.397 e. The van der Waals surface area contributed by atoms with Crippen molar-refractivity contribution in [1.82, 2.24) is 19.8 Å². The number of rotatable bonds is 5. The average Bonchev–Trinajstić information content (AvgIpc) is 3.02. The molecule has 5 rings (SSSR count). The minimum absolute atomic E-state index is 0.0243. The second-order valence-corrected chi connectivity index (χ2v) is 13.2. The molecule has 1 aromatic carbocycles. The number of benzene rings is 1. The molecule has 0 aliphatic carbocycles. The number of aromatic nitrogens is 2. The molecule has 0 radical (unpaired) electrons. The van der Waals surface area contributed by atoms with Crippen molar-refractivity contribution in [3.8, 4) is 17.3 Å². The lowest BCUT2D eigenvalue weighted by atomic mass is 9.94. The number of allylic oxidation sites excluding steroid dienone is 2. The molecule has 246 valence electrons. The molecule has 0 saturated carbocycles. The zero-order valence-corrected chi connectivity index (χ0v) is 28.5. The highest BCUT2D eigenvalue weighted by Gasteiger charge is 2.36. The van der Waals surface area contributed by atoms with E-state index in [9.17, 15) is 19.2 Å². The third-order valence-corrected chi connectivity index (χ3v) is 9.60. The quantitative estimate of drug-likeness (QED) is 0.131. The molecule has 0 spiro atoms. The third kappa shape index (κ3) is 5.52. The summed E-state index contributed by atoms with van der Waals surface area (Å²) in [5.74, 6) is -2.73.